The van der Waals surface area contributed by atoms with Gasteiger partial charge in [-0.25, -0.2) is 14.4 Å². The van der Waals surface area contributed by atoms with Crippen molar-refractivity contribution < 1.29 is 39.4 Å². The van der Waals surface area contributed by atoms with E-state index in [1.807, 2.05) is 0 Å². The second kappa shape index (κ2) is 14.4. The predicted octanol–water partition coefficient (Wildman–Crippen LogP) is -2.09. The van der Waals surface area contributed by atoms with E-state index in [9.17, 15) is 34.2 Å². The lowest BCUT2D eigenvalue weighted by atomic mass is 10.2. The molecule has 6 atom stereocenters. The molecule has 4 heterocycles. The van der Waals surface area contributed by atoms with Crippen LogP contribution < -0.4 is 22.5 Å². The smallest absolute Gasteiger partial charge is 0.330 e. The number of rotatable bonds is 7. The molecule has 0 aromatic carbocycles. The molecular weight excluding hydrogens is 616 g/mol. The van der Waals surface area contributed by atoms with Crippen LogP contribution >= 0.6 is 15.9 Å². The summed E-state index contributed by atoms with van der Waals surface area (Å²) in [6.45, 7) is -0.713. The van der Waals surface area contributed by atoms with Gasteiger partial charge in [-0.2, -0.15) is 0 Å². The van der Waals surface area contributed by atoms with Crippen molar-refractivity contribution >= 4 is 34.1 Å². The molecule has 224 valence electrons. The number of nitrogens with one attached hydrogen (secondary N) is 2. The molecule has 0 unspecified atom stereocenters. The molecule has 2 aromatic heterocycles. The van der Waals surface area contributed by atoms with Gasteiger partial charge in [0.25, 0.3) is 11.1 Å². The SMILES string of the molecule is COC(=O)/C=C/c1cn([C@H]2C[C@H](O)[C@@H](CO)O2)c(=O)[nH]c1=O.O=c1[nH]c(=O)n([C@H]2C[C@H](O)[C@@H](CO)O2)cc1/C=C/Br. The second-order valence-electron chi connectivity index (χ2n) is 8.88. The summed E-state index contributed by atoms with van der Waals surface area (Å²) >= 11 is 3.05. The van der Waals surface area contributed by atoms with Crippen LogP contribution in [0.15, 0.2) is 42.6 Å². The van der Waals surface area contributed by atoms with E-state index in [0.29, 0.717) is 0 Å². The number of halogens is 1. The van der Waals surface area contributed by atoms with Gasteiger partial charge in [0.1, 0.15) is 24.7 Å². The van der Waals surface area contributed by atoms with Gasteiger partial charge in [-0.1, -0.05) is 15.9 Å². The van der Waals surface area contributed by atoms with E-state index in [1.54, 1.807) is 0 Å². The van der Waals surface area contributed by atoms with Crippen molar-refractivity contribution in [3.63, 3.8) is 0 Å². The molecule has 4 rings (SSSR count). The quantitative estimate of drug-likeness (QED) is 0.140. The van der Waals surface area contributed by atoms with Gasteiger partial charge in [-0.15, -0.1) is 0 Å². The van der Waals surface area contributed by atoms with Crippen molar-refractivity contribution in [2.45, 2.75) is 49.7 Å². The third kappa shape index (κ3) is 7.85. The van der Waals surface area contributed by atoms with Gasteiger partial charge in [0.15, 0.2) is 0 Å². The minimum atomic E-state index is -0.914. The summed E-state index contributed by atoms with van der Waals surface area (Å²) in [5, 5.41) is 37.4. The number of hydrogen-bond acceptors (Lipinski definition) is 12. The van der Waals surface area contributed by atoms with Crippen LogP contribution in [0.2, 0.25) is 0 Å². The highest BCUT2D eigenvalue weighted by Gasteiger charge is 2.36. The van der Waals surface area contributed by atoms with Crippen LogP contribution in [0.3, 0.4) is 0 Å². The van der Waals surface area contributed by atoms with E-state index in [1.165, 1.54) is 41.2 Å². The number of methoxy groups -OCH3 is 1. The third-order valence-corrected chi connectivity index (χ3v) is 6.49. The Labute approximate surface area is 238 Å². The Kier molecular flexibility index (Phi) is 11.3. The number of hydrogen-bond donors (Lipinski definition) is 6. The van der Waals surface area contributed by atoms with Gasteiger partial charge < -0.3 is 34.6 Å². The zero-order chi connectivity index (χ0) is 30.3. The van der Waals surface area contributed by atoms with Gasteiger partial charge in [-0.05, 0) is 17.1 Å². The average molecular weight is 645 g/mol. The zero-order valence-electron chi connectivity index (χ0n) is 21.6. The summed E-state index contributed by atoms with van der Waals surface area (Å²) in [5.41, 5.74) is -2.17. The molecule has 2 aliphatic heterocycles. The number of H-pyrrole nitrogens is 2. The van der Waals surface area contributed by atoms with E-state index in [2.05, 4.69) is 30.6 Å². The number of aliphatic hydroxyl groups excluding tert-OH is 4. The standard InChI is InChI=1S/C13H16N2O7.C11H13BrN2O5/c1-21-11(18)3-2-7-5-15(13(20)14-12(7)19)10-4-8(17)9(6-16)22-10;12-2-1-6-4-14(11(18)13-10(6)17)9-3-7(16)8(5-15)19-9/h2-3,5,8-10,16-17H,4,6H2,1H3,(H,14,19,20);1-2,4,7-9,15-16H,3,5H2,(H,13,17,18)/b3-2+;2-1+/t8-,9+,10+;7-,8+,9+/m00/s1. The molecular formula is C24H29BrN4O12. The van der Waals surface area contributed by atoms with Crippen molar-refractivity contribution in [2.24, 2.45) is 0 Å². The Morgan fingerprint density at radius 3 is 1.73 bits per heavy atom. The molecule has 17 heteroatoms. The van der Waals surface area contributed by atoms with Gasteiger partial charge >= 0.3 is 17.3 Å². The van der Waals surface area contributed by atoms with E-state index in [4.69, 9.17) is 19.7 Å². The molecule has 0 aliphatic carbocycles. The van der Waals surface area contributed by atoms with Crippen LogP contribution in [0.25, 0.3) is 12.2 Å². The summed E-state index contributed by atoms with van der Waals surface area (Å²) in [4.78, 5) is 63.6. The maximum atomic E-state index is 11.8. The Bertz CT molecular complexity index is 1510. The minimum absolute atomic E-state index is 0.0514. The molecule has 0 bridgehead atoms. The van der Waals surface area contributed by atoms with Gasteiger partial charge in [0, 0.05) is 31.3 Å². The number of ether oxygens (including phenoxy) is 3. The lowest BCUT2D eigenvalue weighted by Crippen LogP contribution is -2.33. The minimum Gasteiger partial charge on any atom is -0.466 e. The maximum absolute atomic E-state index is 11.8. The number of carbonyl (C=O) groups is 1. The zero-order valence-corrected chi connectivity index (χ0v) is 23.2. The molecule has 0 amide bonds. The monoisotopic (exact) mass is 644 g/mol. The highest BCUT2D eigenvalue weighted by molar-refractivity contribution is 9.11. The summed E-state index contributed by atoms with van der Waals surface area (Å²) < 4.78 is 17.4. The number of aromatic amines is 2. The van der Waals surface area contributed by atoms with E-state index in [-0.39, 0.29) is 37.2 Å². The summed E-state index contributed by atoms with van der Waals surface area (Å²) in [6.07, 6.45) is 1.78. The van der Waals surface area contributed by atoms with E-state index in [0.717, 1.165) is 10.6 Å². The van der Waals surface area contributed by atoms with Crippen LogP contribution in [0.1, 0.15) is 36.4 Å². The third-order valence-electron chi connectivity index (χ3n) is 6.22. The Morgan fingerprint density at radius 2 is 1.37 bits per heavy atom. The van der Waals surface area contributed by atoms with Gasteiger partial charge in [-0.3, -0.25) is 28.7 Å². The summed E-state index contributed by atoms with van der Waals surface area (Å²) in [5.74, 6) is -0.648. The van der Waals surface area contributed by atoms with Crippen molar-refractivity contribution in [2.75, 3.05) is 20.3 Å². The molecule has 0 radical (unpaired) electrons. The van der Waals surface area contributed by atoms with Gasteiger partial charge in [0.2, 0.25) is 0 Å². The van der Waals surface area contributed by atoms with Crippen molar-refractivity contribution in [1.29, 1.82) is 0 Å². The van der Waals surface area contributed by atoms with E-state index < -0.39 is 65.3 Å². The lowest BCUT2D eigenvalue weighted by molar-refractivity contribution is -0.134. The average Bonchev–Trinajstić information content (AvgIpc) is 3.51. The van der Waals surface area contributed by atoms with Crippen molar-refractivity contribution in [3.8, 4) is 0 Å². The molecule has 2 saturated heterocycles. The first kappa shape index (κ1) is 32.1. The molecule has 2 aliphatic rings. The summed E-state index contributed by atoms with van der Waals surface area (Å²) in [6, 6.07) is 0. The number of nitrogens with zero attached hydrogens (tertiary/aromatic N) is 2. The molecule has 0 saturated carbocycles. The Morgan fingerprint density at radius 1 is 0.927 bits per heavy atom. The van der Waals surface area contributed by atoms with Crippen molar-refractivity contribution in [1.82, 2.24) is 19.1 Å². The topological polar surface area (TPSA) is 235 Å². The largest absolute Gasteiger partial charge is 0.466 e. The van der Waals surface area contributed by atoms with E-state index >= 15 is 0 Å². The number of aromatic nitrogens is 4. The molecule has 2 fully saturated rings. The highest BCUT2D eigenvalue weighted by atomic mass is 79.9. The molecule has 6 N–H and O–H groups in total. The molecule has 0 spiro atoms. The first-order valence-corrected chi connectivity index (χ1v) is 13.1. The Balaban J connectivity index is 0.000000228. The lowest BCUT2D eigenvalue weighted by Gasteiger charge is -2.14. The predicted molar refractivity (Wildman–Crippen MR) is 145 cm³/mol. The number of esters is 1. The fourth-order valence-corrected chi connectivity index (χ4v) is 4.35. The van der Waals surface area contributed by atoms with Crippen molar-refractivity contribution in [3.05, 3.63) is 76.3 Å². The Hall–Kier alpha value is -3.45. The first-order chi connectivity index (χ1) is 19.5. The van der Waals surface area contributed by atoms with Gasteiger partial charge in [0.05, 0.1) is 43.7 Å². The first-order valence-electron chi connectivity index (χ1n) is 12.1. The summed E-state index contributed by atoms with van der Waals surface area (Å²) in [7, 11) is 1.20. The molecule has 41 heavy (non-hydrogen) atoms. The maximum Gasteiger partial charge on any atom is 0.330 e. The highest BCUT2D eigenvalue weighted by Crippen LogP contribution is 2.28. The van der Waals surface area contributed by atoms with Crippen LogP contribution in [-0.2, 0) is 19.0 Å². The second-order valence-corrected chi connectivity index (χ2v) is 9.41. The van der Waals surface area contributed by atoms with Crippen LogP contribution in [0, 0.1) is 0 Å². The molecule has 2 aromatic rings. The molecule has 16 nitrogen and oxygen atoms in total. The van der Waals surface area contributed by atoms with Crippen LogP contribution in [-0.4, -0.2) is 90.2 Å². The fourth-order valence-electron chi connectivity index (χ4n) is 4.06. The van der Waals surface area contributed by atoms with Crippen LogP contribution in [0.4, 0.5) is 0 Å². The number of carbonyl (C=O) groups excluding carboxylic acids is 1. The number of aliphatic hydroxyl groups is 4. The van der Waals surface area contributed by atoms with Crippen LogP contribution in [0.5, 0.6) is 0 Å². The normalized spacial score (nSPS) is 25.9. The fraction of sp³-hybridized carbons (Fsp3) is 0.458.